The van der Waals surface area contributed by atoms with Crippen LogP contribution in [0.1, 0.15) is 24.0 Å². The molecule has 1 amide bonds. The molecule has 11 nitrogen and oxygen atoms in total. The third-order valence-electron chi connectivity index (χ3n) is 6.25. The first-order valence-corrected chi connectivity index (χ1v) is 14.4. The first-order chi connectivity index (χ1) is 20.7. The SMILES string of the molecule is CC(=O)OCCOCCOCCOCCOCCOCCOCCNC(=O)OCC1c2ccccc2-c2ccccc21. The highest BCUT2D eigenvalue weighted by Crippen LogP contribution is 2.44. The van der Waals surface area contributed by atoms with Crippen molar-refractivity contribution >= 4 is 12.1 Å². The summed E-state index contributed by atoms with van der Waals surface area (Å²) in [6.45, 7) is 7.56. The van der Waals surface area contributed by atoms with E-state index in [-0.39, 0.29) is 25.1 Å². The van der Waals surface area contributed by atoms with Crippen molar-refractivity contribution in [2.75, 3.05) is 99.0 Å². The van der Waals surface area contributed by atoms with Crippen LogP contribution in [-0.2, 0) is 42.7 Å². The Bertz CT molecular complexity index is 1000. The van der Waals surface area contributed by atoms with Gasteiger partial charge in [-0.1, -0.05) is 48.5 Å². The van der Waals surface area contributed by atoms with Gasteiger partial charge >= 0.3 is 12.1 Å². The number of carbonyl (C=O) groups is 2. The molecule has 0 spiro atoms. The number of fused-ring (bicyclic) bond motifs is 3. The van der Waals surface area contributed by atoms with Gasteiger partial charge in [0.2, 0.25) is 0 Å². The molecule has 0 saturated carbocycles. The lowest BCUT2D eigenvalue weighted by Gasteiger charge is -2.14. The van der Waals surface area contributed by atoms with Crippen molar-refractivity contribution in [3.8, 4) is 11.1 Å². The van der Waals surface area contributed by atoms with Gasteiger partial charge in [-0.05, 0) is 22.3 Å². The standard InChI is InChI=1S/C31H43NO10/c1-25(33)41-23-22-40-21-20-39-19-18-38-17-16-37-15-14-36-13-12-35-11-10-32-31(34)42-24-30-28-8-4-2-6-26(28)27-7-3-5-9-29(27)30/h2-9,30H,10-24H2,1H3,(H,32,34). The molecule has 0 saturated heterocycles. The van der Waals surface area contributed by atoms with E-state index in [2.05, 4.69) is 29.6 Å². The molecule has 1 N–H and O–H groups in total. The number of carbonyl (C=O) groups excluding carboxylic acids is 2. The van der Waals surface area contributed by atoms with Gasteiger partial charge < -0.3 is 43.2 Å². The summed E-state index contributed by atoms with van der Waals surface area (Å²) in [7, 11) is 0. The number of nitrogens with one attached hydrogen (secondary N) is 1. The molecule has 0 atom stereocenters. The van der Waals surface area contributed by atoms with Gasteiger partial charge in [-0.2, -0.15) is 0 Å². The zero-order valence-corrected chi connectivity index (χ0v) is 24.4. The predicted octanol–water partition coefficient (Wildman–Crippen LogP) is 3.19. The average molecular weight is 590 g/mol. The second-order valence-corrected chi connectivity index (χ2v) is 9.27. The van der Waals surface area contributed by atoms with Crippen molar-refractivity contribution in [1.29, 1.82) is 0 Å². The number of esters is 1. The zero-order chi connectivity index (χ0) is 29.7. The first kappa shape index (κ1) is 33.4. The van der Waals surface area contributed by atoms with E-state index in [1.165, 1.54) is 29.2 Å². The van der Waals surface area contributed by atoms with E-state index in [0.717, 1.165) is 0 Å². The topological polar surface area (TPSA) is 120 Å². The van der Waals surface area contributed by atoms with E-state index >= 15 is 0 Å². The van der Waals surface area contributed by atoms with Crippen LogP contribution >= 0.6 is 0 Å². The Balaban J connectivity index is 1.05. The maximum atomic E-state index is 12.2. The zero-order valence-electron chi connectivity index (χ0n) is 24.4. The number of hydrogen-bond donors (Lipinski definition) is 1. The molecule has 0 aliphatic heterocycles. The van der Waals surface area contributed by atoms with Crippen LogP contribution in [0.2, 0.25) is 0 Å². The Labute approximate surface area is 247 Å². The molecule has 11 heteroatoms. The summed E-state index contributed by atoms with van der Waals surface area (Å²) in [5, 5.41) is 2.73. The summed E-state index contributed by atoms with van der Waals surface area (Å²) >= 11 is 0. The van der Waals surface area contributed by atoms with Gasteiger partial charge in [-0.15, -0.1) is 0 Å². The normalized spacial score (nSPS) is 12.1. The molecule has 2 aromatic carbocycles. The lowest BCUT2D eigenvalue weighted by Crippen LogP contribution is -2.29. The number of amides is 1. The van der Waals surface area contributed by atoms with E-state index in [1.54, 1.807) is 0 Å². The monoisotopic (exact) mass is 589 g/mol. The van der Waals surface area contributed by atoms with Crippen molar-refractivity contribution < 1.29 is 47.5 Å². The lowest BCUT2D eigenvalue weighted by atomic mass is 9.98. The molecule has 0 aromatic heterocycles. The largest absolute Gasteiger partial charge is 0.463 e. The fourth-order valence-corrected chi connectivity index (χ4v) is 4.32. The summed E-state index contributed by atoms with van der Waals surface area (Å²) in [4.78, 5) is 22.8. The Morgan fingerprint density at radius 2 is 0.976 bits per heavy atom. The van der Waals surface area contributed by atoms with Crippen molar-refractivity contribution in [3.05, 3.63) is 59.7 Å². The van der Waals surface area contributed by atoms with E-state index in [1.807, 2.05) is 24.3 Å². The lowest BCUT2D eigenvalue weighted by molar-refractivity contribution is -0.142. The molecule has 232 valence electrons. The highest BCUT2D eigenvalue weighted by molar-refractivity contribution is 5.79. The van der Waals surface area contributed by atoms with E-state index in [0.29, 0.717) is 85.8 Å². The first-order valence-electron chi connectivity index (χ1n) is 14.4. The minimum Gasteiger partial charge on any atom is -0.463 e. The van der Waals surface area contributed by atoms with Crippen molar-refractivity contribution in [3.63, 3.8) is 0 Å². The molecule has 2 aromatic rings. The summed E-state index contributed by atoms with van der Waals surface area (Å²) in [6, 6.07) is 16.5. The Hall–Kier alpha value is -3.06. The predicted molar refractivity (Wildman–Crippen MR) is 155 cm³/mol. The third kappa shape index (κ3) is 12.8. The van der Waals surface area contributed by atoms with Crippen LogP contribution in [0.5, 0.6) is 0 Å². The van der Waals surface area contributed by atoms with Gasteiger partial charge in [0.1, 0.15) is 13.2 Å². The van der Waals surface area contributed by atoms with Gasteiger partial charge in [0.15, 0.2) is 0 Å². The number of ether oxygens (including phenoxy) is 8. The number of hydrogen-bond acceptors (Lipinski definition) is 10. The average Bonchev–Trinajstić information content (AvgIpc) is 3.32. The number of benzene rings is 2. The Kier molecular flexibility index (Phi) is 16.5. The Morgan fingerprint density at radius 1 is 0.571 bits per heavy atom. The van der Waals surface area contributed by atoms with Gasteiger partial charge in [0.25, 0.3) is 0 Å². The molecule has 0 radical (unpaired) electrons. The molecule has 3 rings (SSSR count). The van der Waals surface area contributed by atoms with Crippen molar-refractivity contribution in [1.82, 2.24) is 5.32 Å². The van der Waals surface area contributed by atoms with Crippen LogP contribution in [0.25, 0.3) is 11.1 Å². The summed E-state index contributed by atoms with van der Waals surface area (Å²) < 4.78 is 42.7. The molecule has 0 heterocycles. The molecular weight excluding hydrogens is 546 g/mol. The highest BCUT2D eigenvalue weighted by Gasteiger charge is 2.28. The molecule has 0 unspecified atom stereocenters. The van der Waals surface area contributed by atoms with Crippen molar-refractivity contribution in [2.24, 2.45) is 0 Å². The fourth-order valence-electron chi connectivity index (χ4n) is 4.32. The third-order valence-corrected chi connectivity index (χ3v) is 6.25. The van der Waals surface area contributed by atoms with E-state index in [4.69, 9.17) is 37.9 Å². The van der Waals surface area contributed by atoms with Gasteiger partial charge in [-0.25, -0.2) is 4.79 Å². The minimum atomic E-state index is -0.454. The summed E-state index contributed by atoms with van der Waals surface area (Å²) in [5.74, 6) is -0.276. The van der Waals surface area contributed by atoms with Crippen LogP contribution in [0.3, 0.4) is 0 Å². The number of rotatable bonds is 23. The minimum absolute atomic E-state index is 0.0388. The smallest absolute Gasteiger partial charge is 0.407 e. The van der Waals surface area contributed by atoms with Gasteiger partial charge in [-0.3, -0.25) is 4.79 Å². The molecule has 0 fully saturated rings. The van der Waals surface area contributed by atoms with Crippen LogP contribution in [0.4, 0.5) is 4.79 Å². The maximum absolute atomic E-state index is 12.2. The van der Waals surface area contributed by atoms with Gasteiger partial charge in [0, 0.05) is 19.4 Å². The van der Waals surface area contributed by atoms with Crippen molar-refractivity contribution in [2.45, 2.75) is 12.8 Å². The van der Waals surface area contributed by atoms with Crippen LogP contribution < -0.4 is 5.32 Å². The molecule has 1 aliphatic carbocycles. The summed E-state index contributed by atoms with van der Waals surface area (Å²) in [6.07, 6.45) is -0.454. The maximum Gasteiger partial charge on any atom is 0.407 e. The van der Waals surface area contributed by atoms with E-state index < -0.39 is 6.09 Å². The highest BCUT2D eigenvalue weighted by atomic mass is 16.6. The fraction of sp³-hybridized carbons (Fsp3) is 0.548. The van der Waals surface area contributed by atoms with Crippen LogP contribution in [0.15, 0.2) is 48.5 Å². The second kappa shape index (κ2) is 20.8. The quantitative estimate of drug-likeness (QED) is 0.153. The molecule has 1 aliphatic rings. The second-order valence-electron chi connectivity index (χ2n) is 9.27. The van der Waals surface area contributed by atoms with Gasteiger partial charge in [0.05, 0.1) is 79.3 Å². The van der Waals surface area contributed by atoms with E-state index in [9.17, 15) is 9.59 Å². The number of alkyl carbamates (subject to hydrolysis) is 1. The van der Waals surface area contributed by atoms with Crippen LogP contribution in [-0.4, -0.2) is 111 Å². The van der Waals surface area contributed by atoms with Crippen LogP contribution in [0, 0.1) is 0 Å². The molecular formula is C31H43NO10. The molecule has 0 bridgehead atoms. The summed E-state index contributed by atoms with van der Waals surface area (Å²) in [5.41, 5.74) is 4.77. The Morgan fingerprint density at radius 3 is 1.43 bits per heavy atom. The molecule has 42 heavy (non-hydrogen) atoms.